The van der Waals surface area contributed by atoms with E-state index < -0.39 is 0 Å². The highest BCUT2D eigenvalue weighted by atomic mass is 15.3. The van der Waals surface area contributed by atoms with Crippen molar-refractivity contribution in [2.24, 2.45) is 0 Å². The first-order chi connectivity index (χ1) is 16.2. The Morgan fingerprint density at radius 2 is 1.70 bits per heavy atom. The van der Waals surface area contributed by atoms with Crippen molar-refractivity contribution in [1.82, 2.24) is 15.1 Å². The van der Waals surface area contributed by atoms with Gasteiger partial charge < -0.3 is 15.1 Å². The van der Waals surface area contributed by atoms with Crippen molar-refractivity contribution >= 4 is 17.3 Å². The van der Waals surface area contributed by atoms with Gasteiger partial charge in [-0.15, -0.1) is 0 Å². The van der Waals surface area contributed by atoms with Crippen LogP contribution in [0, 0.1) is 0 Å². The molecule has 0 unspecified atom stereocenters. The fraction of sp³-hybridized carbons (Fsp3) is 0.517. The highest BCUT2D eigenvalue weighted by molar-refractivity contribution is 5.89. The first-order valence-corrected chi connectivity index (χ1v) is 13.0. The van der Waals surface area contributed by atoms with Crippen LogP contribution in [0.25, 0.3) is 11.6 Å². The van der Waals surface area contributed by atoms with Crippen molar-refractivity contribution in [3.63, 3.8) is 0 Å². The Labute approximate surface area is 199 Å². The van der Waals surface area contributed by atoms with Crippen molar-refractivity contribution in [3.05, 3.63) is 65.2 Å². The molecule has 3 fully saturated rings. The molecular weight excluding hydrogens is 404 g/mol. The summed E-state index contributed by atoms with van der Waals surface area (Å²) < 4.78 is 0. The minimum absolute atomic E-state index is 0.409. The number of anilines is 1. The Hall–Kier alpha value is -2.14. The summed E-state index contributed by atoms with van der Waals surface area (Å²) in [6, 6.07) is 18.7. The normalized spacial score (nSPS) is 23.4. The van der Waals surface area contributed by atoms with E-state index in [2.05, 4.69) is 81.7 Å². The number of piperidine rings is 1. The van der Waals surface area contributed by atoms with Crippen LogP contribution in [-0.4, -0.2) is 74.2 Å². The molecule has 4 aliphatic rings. The molecule has 33 heavy (non-hydrogen) atoms. The molecule has 2 saturated heterocycles. The summed E-state index contributed by atoms with van der Waals surface area (Å²) in [5.74, 6) is 0. The molecule has 1 N–H and O–H groups in total. The highest BCUT2D eigenvalue weighted by Crippen LogP contribution is 2.38. The maximum Gasteiger partial charge on any atom is 0.0372 e. The molecule has 4 nitrogen and oxygen atoms in total. The topological polar surface area (TPSA) is 21.8 Å². The molecule has 0 spiro atoms. The lowest BCUT2D eigenvalue weighted by Crippen LogP contribution is -2.54. The molecule has 0 atom stereocenters. The van der Waals surface area contributed by atoms with Crippen molar-refractivity contribution in [1.29, 1.82) is 0 Å². The summed E-state index contributed by atoms with van der Waals surface area (Å²) in [7, 11) is 2.25. The third kappa shape index (κ3) is 4.75. The molecule has 0 radical (unpaired) electrons. The van der Waals surface area contributed by atoms with E-state index in [1.807, 2.05) is 0 Å². The van der Waals surface area contributed by atoms with E-state index in [4.69, 9.17) is 0 Å². The van der Waals surface area contributed by atoms with Gasteiger partial charge in [0.15, 0.2) is 0 Å². The van der Waals surface area contributed by atoms with Gasteiger partial charge >= 0.3 is 0 Å². The average molecular weight is 443 g/mol. The summed E-state index contributed by atoms with van der Waals surface area (Å²) in [5.41, 5.74) is 7.47. The molecule has 4 heteroatoms. The second-order valence-electron chi connectivity index (χ2n) is 10.9. The van der Waals surface area contributed by atoms with Gasteiger partial charge in [-0.1, -0.05) is 42.5 Å². The number of rotatable bonds is 6. The molecule has 0 amide bonds. The SMILES string of the molecule is CN1CCN(CC2(NC3CCN(c4cccc(C5=Cc6ccccc6C5)c4)CC3)CC2)CC1. The molecule has 1 saturated carbocycles. The first kappa shape index (κ1) is 21.4. The molecule has 2 aromatic carbocycles. The van der Waals surface area contributed by atoms with Gasteiger partial charge in [0.25, 0.3) is 0 Å². The number of benzene rings is 2. The fourth-order valence-electron chi connectivity index (χ4n) is 6.02. The molecule has 2 aromatic rings. The van der Waals surface area contributed by atoms with Crippen LogP contribution in [0.15, 0.2) is 48.5 Å². The number of fused-ring (bicyclic) bond motifs is 1. The summed E-state index contributed by atoms with van der Waals surface area (Å²) in [5, 5.41) is 4.11. The van der Waals surface area contributed by atoms with E-state index in [0.717, 1.165) is 19.5 Å². The maximum atomic E-state index is 4.11. The van der Waals surface area contributed by atoms with Gasteiger partial charge in [0.1, 0.15) is 0 Å². The first-order valence-electron chi connectivity index (χ1n) is 13.0. The van der Waals surface area contributed by atoms with Gasteiger partial charge in [0.2, 0.25) is 0 Å². The number of allylic oxidation sites excluding steroid dienone is 1. The summed E-state index contributed by atoms with van der Waals surface area (Å²) in [6.07, 6.45) is 8.66. The number of nitrogens with zero attached hydrogens (tertiary/aromatic N) is 3. The van der Waals surface area contributed by atoms with Gasteiger partial charge in [-0.3, -0.25) is 4.90 Å². The minimum atomic E-state index is 0.409. The summed E-state index contributed by atoms with van der Waals surface area (Å²) >= 11 is 0. The minimum Gasteiger partial charge on any atom is -0.371 e. The smallest absolute Gasteiger partial charge is 0.0372 e. The van der Waals surface area contributed by atoms with Gasteiger partial charge in [0.05, 0.1) is 0 Å². The lowest BCUT2D eigenvalue weighted by atomic mass is 10.00. The Bertz CT molecular complexity index is 1010. The van der Waals surface area contributed by atoms with Crippen LogP contribution in [0.5, 0.6) is 0 Å². The van der Waals surface area contributed by atoms with Gasteiger partial charge in [-0.2, -0.15) is 0 Å². The van der Waals surface area contributed by atoms with Crippen LogP contribution < -0.4 is 10.2 Å². The zero-order valence-corrected chi connectivity index (χ0v) is 20.1. The van der Waals surface area contributed by atoms with Crippen LogP contribution in [0.2, 0.25) is 0 Å². The summed E-state index contributed by atoms with van der Waals surface area (Å²) in [6.45, 7) is 8.47. The number of hydrogen-bond donors (Lipinski definition) is 1. The second-order valence-corrected chi connectivity index (χ2v) is 10.9. The molecule has 2 aliphatic heterocycles. The summed E-state index contributed by atoms with van der Waals surface area (Å²) in [4.78, 5) is 7.75. The van der Waals surface area contributed by atoms with Crippen LogP contribution in [0.3, 0.4) is 0 Å². The zero-order chi connectivity index (χ0) is 22.3. The number of likely N-dealkylation sites (N-methyl/N-ethyl adjacent to an activating group) is 1. The van der Waals surface area contributed by atoms with Crippen molar-refractivity contribution in [3.8, 4) is 0 Å². The van der Waals surface area contributed by atoms with Crippen molar-refractivity contribution in [2.75, 3.05) is 57.8 Å². The Morgan fingerprint density at radius 1 is 0.909 bits per heavy atom. The van der Waals surface area contributed by atoms with Crippen molar-refractivity contribution < 1.29 is 0 Å². The third-order valence-electron chi connectivity index (χ3n) is 8.33. The molecular formula is C29H38N4. The lowest BCUT2D eigenvalue weighted by Gasteiger charge is -2.39. The Morgan fingerprint density at radius 3 is 2.45 bits per heavy atom. The molecule has 2 heterocycles. The van der Waals surface area contributed by atoms with E-state index >= 15 is 0 Å². The number of hydrogen-bond acceptors (Lipinski definition) is 4. The van der Waals surface area contributed by atoms with Crippen LogP contribution in [0.4, 0.5) is 5.69 Å². The Kier molecular flexibility index (Phi) is 5.77. The predicted molar refractivity (Wildman–Crippen MR) is 139 cm³/mol. The van der Waals surface area contributed by atoms with Crippen molar-refractivity contribution in [2.45, 2.75) is 43.7 Å². The van der Waals surface area contributed by atoms with E-state index in [1.54, 1.807) is 0 Å². The van der Waals surface area contributed by atoms with Crippen LogP contribution in [0.1, 0.15) is 42.4 Å². The van der Waals surface area contributed by atoms with Crippen LogP contribution >= 0.6 is 0 Å². The molecule has 2 aliphatic carbocycles. The Balaban J connectivity index is 1.04. The molecule has 174 valence electrons. The van der Waals surface area contributed by atoms with E-state index in [-0.39, 0.29) is 0 Å². The zero-order valence-electron chi connectivity index (χ0n) is 20.1. The van der Waals surface area contributed by atoms with Gasteiger partial charge in [-0.25, -0.2) is 0 Å². The third-order valence-corrected chi connectivity index (χ3v) is 8.33. The monoisotopic (exact) mass is 442 g/mol. The van der Waals surface area contributed by atoms with E-state index in [0.29, 0.717) is 11.6 Å². The van der Waals surface area contributed by atoms with E-state index in [9.17, 15) is 0 Å². The largest absolute Gasteiger partial charge is 0.371 e. The number of piperazine rings is 1. The number of nitrogens with one attached hydrogen (secondary N) is 1. The second kappa shape index (κ2) is 8.90. The average Bonchev–Trinajstić information content (AvgIpc) is 3.45. The van der Waals surface area contributed by atoms with Crippen LogP contribution in [-0.2, 0) is 6.42 Å². The van der Waals surface area contributed by atoms with Gasteiger partial charge in [0, 0.05) is 63.1 Å². The van der Waals surface area contributed by atoms with E-state index in [1.165, 1.54) is 86.4 Å². The predicted octanol–water partition coefficient (Wildman–Crippen LogP) is 4.12. The lowest BCUT2D eigenvalue weighted by molar-refractivity contribution is 0.134. The highest BCUT2D eigenvalue weighted by Gasteiger charge is 2.45. The molecule has 0 aromatic heterocycles. The van der Waals surface area contributed by atoms with Gasteiger partial charge in [-0.05, 0) is 73.5 Å². The maximum absolute atomic E-state index is 4.11. The molecule has 6 rings (SSSR count). The standard InChI is InChI=1S/C29H38N4/c1-31-15-17-32(18-16-31)22-29(11-12-29)30-27-9-13-33(14-10-27)28-8-4-7-25(21-28)26-19-23-5-2-3-6-24(23)20-26/h2-8,19,21,27,30H,9-18,20,22H2,1H3. The quantitative estimate of drug-likeness (QED) is 0.726. The molecule has 0 bridgehead atoms. The fourth-order valence-corrected chi connectivity index (χ4v) is 6.02.